The van der Waals surface area contributed by atoms with Gasteiger partial charge in [-0.3, -0.25) is 4.79 Å². The van der Waals surface area contributed by atoms with Gasteiger partial charge >= 0.3 is 0 Å². The van der Waals surface area contributed by atoms with E-state index in [0.29, 0.717) is 6.42 Å². The van der Waals surface area contributed by atoms with Gasteiger partial charge in [-0.15, -0.1) is 0 Å². The van der Waals surface area contributed by atoms with Gasteiger partial charge in [-0.25, -0.2) is 0 Å². The van der Waals surface area contributed by atoms with Crippen molar-refractivity contribution in [3.63, 3.8) is 0 Å². The molecule has 1 amide bonds. The van der Waals surface area contributed by atoms with E-state index in [1.807, 2.05) is 6.92 Å². The van der Waals surface area contributed by atoms with Crippen molar-refractivity contribution in [2.24, 2.45) is 5.73 Å². The summed E-state index contributed by atoms with van der Waals surface area (Å²) in [6, 6.07) is 0.122. The third-order valence-corrected chi connectivity index (χ3v) is 2.37. The SMILES string of the molecule is CSCCCNC(=O)CCC(C)N. The minimum Gasteiger partial charge on any atom is -0.356 e. The van der Waals surface area contributed by atoms with Crippen LogP contribution in [0.4, 0.5) is 0 Å². The molecule has 0 saturated carbocycles. The number of hydrogen-bond acceptors (Lipinski definition) is 3. The predicted octanol–water partition coefficient (Wildman–Crippen LogP) is 0.983. The maximum Gasteiger partial charge on any atom is 0.220 e. The van der Waals surface area contributed by atoms with Crippen LogP contribution < -0.4 is 11.1 Å². The standard InChI is InChI=1S/C9H20N2OS/c1-8(10)4-5-9(12)11-6-3-7-13-2/h8H,3-7,10H2,1-2H3,(H,11,12). The molecule has 0 radical (unpaired) electrons. The fourth-order valence-corrected chi connectivity index (χ4v) is 1.32. The minimum atomic E-state index is 0.122. The molecule has 78 valence electrons. The number of nitrogens with two attached hydrogens (primary N) is 1. The van der Waals surface area contributed by atoms with Gasteiger partial charge in [0.15, 0.2) is 0 Å². The second-order valence-electron chi connectivity index (χ2n) is 3.21. The van der Waals surface area contributed by atoms with Gasteiger partial charge in [0.25, 0.3) is 0 Å². The molecule has 0 spiro atoms. The molecule has 3 N–H and O–H groups in total. The smallest absolute Gasteiger partial charge is 0.220 e. The summed E-state index contributed by atoms with van der Waals surface area (Å²) in [5, 5.41) is 2.86. The Kier molecular flexibility index (Phi) is 8.24. The van der Waals surface area contributed by atoms with E-state index in [1.54, 1.807) is 11.8 Å². The molecular weight excluding hydrogens is 184 g/mol. The first kappa shape index (κ1) is 12.8. The zero-order chi connectivity index (χ0) is 10.1. The average Bonchev–Trinajstić information content (AvgIpc) is 2.09. The second-order valence-corrected chi connectivity index (χ2v) is 4.20. The number of carbonyl (C=O) groups excluding carboxylic acids is 1. The molecule has 3 nitrogen and oxygen atoms in total. The summed E-state index contributed by atoms with van der Waals surface area (Å²) in [5.41, 5.74) is 5.53. The van der Waals surface area contributed by atoms with E-state index in [0.717, 1.165) is 25.1 Å². The number of amides is 1. The van der Waals surface area contributed by atoms with E-state index >= 15 is 0 Å². The van der Waals surface area contributed by atoms with Crippen molar-refractivity contribution < 1.29 is 4.79 Å². The summed E-state index contributed by atoms with van der Waals surface area (Å²) >= 11 is 1.80. The molecule has 1 atom stereocenters. The molecule has 1 unspecified atom stereocenters. The molecule has 4 heteroatoms. The molecule has 13 heavy (non-hydrogen) atoms. The Balaban J connectivity index is 3.20. The van der Waals surface area contributed by atoms with Crippen LogP contribution in [-0.4, -0.2) is 30.5 Å². The molecule has 0 bridgehead atoms. The maximum absolute atomic E-state index is 11.1. The zero-order valence-corrected chi connectivity index (χ0v) is 9.32. The van der Waals surface area contributed by atoms with Gasteiger partial charge in [-0.1, -0.05) is 0 Å². The van der Waals surface area contributed by atoms with Crippen LogP contribution in [0.5, 0.6) is 0 Å². The first-order valence-corrected chi connectivity index (χ1v) is 6.07. The van der Waals surface area contributed by atoms with E-state index in [1.165, 1.54) is 0 Å². The van der Waals surface area contributed by atoms with Crippen molar-refractivity contribution in [2.75, 3.05) is 18.6 Å². The molecular formula is C9H20N2OS. The quantitative estimate of drug-likeness (QED) is 0.608. The van der Waals surface area contributed by atoms with Crippen LogP contribution in [0.3, 0.4) is 0 Å². The third-order valence-electron chi connectivity index (χ3n) is 1.67. The number of nitrogens with one attached hydrogen (secondary N) is 1. The highest BCUT2D eigenvalue weighted by atomic mass is 32.2. The molecule has 0 aromatic rings. The van der Waals surface area contributed by atoms with Crippen LogP contribution in [0.25, 0.3) is 0 Å². The summed E-state index contributed by atoms with van der Waals surface area (Å²) in [7, 11) is 0. The maximum atomic E-state index is 11.1. The molecule has 0 heterocycles. The number of carbonyl (C=O) groups is 1. The first-order valence-electron chi connectivity index (χ1n) is 4.68. The summed E-state index contributed by atoms with van der Waals surface area (Å²) in [6.07, 6.45) is 4.44. The van der Waals surface area contributed by atoms with E-state index in [4.69, 9.17) is 5.73 Å². The van der Waals surface area contributed by atoms with E-state index < -0.39 is 0 Å². The molecule has 0 rings (SSSR count). The predicted molar refractivity (Wildman–Crippen MR) is 58.9 cm³/mol. The monoisotopic (exact) mass is 204 g/mol. The molecule has 0 aromatic carbocycles. The van der Waals surface area contributed by atoms with Crippen LogP contribution >= 0.6 is 11.8 Å². The summed E-state index contributed by atoms with van der Waals surface area (Å²) < 4.78 is 0. The van der Waals surface area contributed by atoms with Crippen LogP contribution in [0, 0.1) is 0 Å². The lowest BCUT2D eigenvalue weighted by Gasteiger charge is -2.06. The van der Waals surface area contributed by atoms with Crippen LogP contribution in [-0.2, 0) is 4.79 Å². The Bertz CT molecular complexity index is 140. The lowest BCUT2D eigenvalue weighted by Crippen LogP contribution is -2.26. The van der Waals surface area contributed by atoms with Gasteiger partial charge in [0.05, 0.1) is 0 Å². The fraction of sp³-hybridized carbons (Fsp3) is 0.889. The van der Waals surface area contributed by atoms with Crippen molar-refractivity contribution >= 4 is 17.7 Å². The summed E-state index contributed by atoms with van der Waals surface area (Å²) in [6.45, 7) is 2.71. The number of hydrogen-bond donors (Lipinski definition) is 2. The Morgan fingerprint density at radius 1 is 1.62 bits per heavy atom. The molecule has 0 aliphatic heterocycles. The Labute approximate surface area is 84.8 Å². The summed E-state index contributed by atoms with van der Waals surface area (Å²) in [4.78, 5) is 11.1. The van der Waals surface area contributed by atoms with E-state index in [-0.39, 0.29) is 11.9 Å². The third kappa shape index (κ3) is 9.70. The Morgan fingerprint density at radius 3 is 2.85 bits per heavy atom. The van der Waals surface area contributed by atoms with Gasteiger partial charge in [0.2, 0.25) is 5.91 Å². The van der Waals surface area contributed by atoms with Crippen molar-refractivity contribution in [3.8, 4) is 0 Å². The van der Waals surface area contributed by atoms with Crippen LogP contribution in [0.1, 0.15) is 26.2 Å². The second kappa shape index (κ2) is 8.38. The van der Waals surface area contributed by atoms with Crippen molar-refractivity contribution in [3.05, 3.63) is 0 Å². The topological polar surface area (TPSA) is 55.1 Å². The van der Waals surface area contributed by atoms with E-state index in [2.05, 4.69) is 11.6 Å². The Morgan fingerprint density at radius 2 is 2.31 bits per heavy atom. The van der Waals surface area contributed by atoms with Crippen molar-refractivity contribution in [1.82, 2.24) is 5.32 Å². The summed E-state index contributed by atoms with van der Waals surface area (Å²) in [5.74, 6) is 1.23. The van der Waals surface area contributed by atoms with Gasteiger partial charge in [-0.2, -0.15) is 11.8 Å². The van der Waals surface area contributed by atoms with Crippen molar-refractivity contribution in [2.45, 2.75) is 32.2 Å². The lowest BCUT2D eigenvalue weighted by molar-refractivity contribution is -0.121. The van der Waals surface area contributed by atoms with Gasteiger partial charge in [0.1, 0.15) is 0 Å². The highest BCUT2D eigenvalue weighted by molar-refractivity contribution is 7.98. The van der Waals surface area contributed by atoms with Gasteiger partial charge in [-0.05, 0) is 31.8 Å². The average molecular weight is 204 g/mol. The molecule has 0 saturated heterocycles. The zero-order valence-electron chi connectivity index (χ0n) is 8.51. The van der Waals surface area contributed by atoms with Crippen molar-refractivity contribution in [1.29, 1.82) is 0 Å². The highest BCUT2D eigenvalue weighted by Crippen LogP contribution is 1.95. The van der Waals surface area contributed by atoms with Crippen LogP contribution in [0.2, 0.25) is 0 Å². The first-order chi connectivity index (χ1) is 6.16. The Hall–Kier alpha value is -0.220. The van der Waals surface area contributed by atoms with Gasteiger partial charge < -0.3 is 11.1 Å². The minimum absolute atomic E-state index is 0.122. The van der Waals surface area contributed by atoms with Crippen LogP contribution in [0.15, 0.2) is 0 Å². The van der Waals surface area contributed by atoms with E-state index in [9.17, 15) is 4.79 Å². The molecule has 0 fully saturated rings. The van der Waals surface area contributed by atoms with Gasteiger partial charge in [0, 0.05) is 19.0 Å². The molecule has 0 aliphatic rings. The fourth-order valence-electron chi connectivity index (χ4n) is 0.891. The highest BCUT2D eigenvalue weighted by Gasteiger charge is 2.01. The molecule has 0 aromatic heterocycles. The molecule has 0 aliphatic carbocycles. The number of rotatable bonds is 7. The number of thioether (sulfide) groups is 1. The largest absolute Gasteiger partial charge is 0.356 e. The lowest BCUT2D eigenvalue weighted by atomic mass is 10.2. The normalized spacial score (nSPS) is 12.5.